The van der Waals surface area contributed by atoms with Crippen LogP contribution < -0.4 is 27.6 Å². The highest BCUT2D eigenvalue weighted by molar-refractivity contribution is 5.87. The molecule has 0 aromatic carbocycles. The Morgan fingerprint density at radius 2 is 1.25 bits per heavy atom. The lowest BCUT2D eigenvalue weighted by Crippen LogP contribution is -2.48. The summed E-state index contributed by atoms with van der Waals surface area (Å²) in [5, 5.41) is 62.9. The summed E-state index contributed by atoms with van der Waals surface area (Å²) < 4.78 is 0.844. The van der Waals surface area contributed by atoms with Gasteiger partial charge < -0.3 is 66.9 Å². The summed E-state index contributed by atoms with van der Waals surface area (Å²) >= 11 is 0. The highest BCUT2D eigenvalue weighted by Crippen LogP contribution is 2.14. The molecule has 14 nitrogen and oxygen atoms in total. The van der Waals surface area contributed by atoms with Crippen LogP contribution in [0.5, 0.6) is 0 Å². The Morgan fingerprint density at radius 3 is 1.32 bits per heavy atom. The van der Waals surface area contributed by atoms with Crippen LogP contribution in [0.15, 0.2) is 0 Å². The van der Waals surface area contributed by atoms with Gasteiger partial charge in [-0.15, -0.1) is 0 Å². The van der Waals surface area contributed by atoms with Crippen molar-refractivity contribution in [1.82, 2.24) is 12.3 Å². The van der Waals surface area contributed by atoms with Gasteiger partial charge in [0.1, 0.15) is 6.54 Å². The predicted octanol–water partition coefficient (Wildman–Crippen LogP) is -5.36. The Kier molecular flexibility index (Phi) is 21.9. The molecule has 0 aliphatic carbocycles. The van der Waals surface area contributed by atoms with Crippen LogP contribution in [0.2, 0.25) is 0 Å². The molecule has 0 radical (unpaired) electrons. The van der Waals surface area contributed by atoms with Crippen molar-refractivity contribution in [2.24, 2.45) is 0 Å². The van der Waals surface area contributed by atoms with Gasteiger partial charge in [0.25, 0.3) is 0 Å². The molecule has 0 heterocycles. The van der Waals surface area contributed by atoms with Crippen molar-refractivity contribution in [3.05, 3.63) is 0 Å². The van der Waals surface area contributed by atoms with E-state index >= 15 is 0 Å². The number of carbonyl (C=O) groups excluding carboxylic acids is 3. The fourth-order valence-corrected chi connectivity index (χ4v) is 0.991. The van der Waals surface area contributed by atoms with E-state index < -0.39 is 48.4 Å². The zero-order valence-corrected chi connectivity index (χ0v) is 17.0. The third-order valence-corrected chi connectivity index (χ3v) is 2.38. The molecular weight excluding hydrogens is 386 g/mol. The van der Waals surface area contributed by atoms with Gasteiger partial charge in [0.2, 0.25) is 0 Å². The van der Waals surface area contributed by atoms with Crippen LogP contribution in [0.25, 0.3) is 0 Å². The van der Waals surface area contributed by atoms with Gasteiger partial charge in [-0.2, -0.15) is 0 Å². The zero-order chi connectivity index (χ0) is 21.7. The Hall–Kier alpha value is -2.36. The predicted molar refractivity (Wildman–Crippen MR) is 90.5 cm³/mol. The van der Waals surface area contributed by atoms with E-state index in [9.17, 15) is 34.5 Å². The van der Waals surface area contributed by atoms with Gasteiger partial charge in [-0.1, -0.05) is 0 Å². The first-order valence-corrected chi connectivity index (χ1v) is 7.14. The van der Waals surface area contributed by atoms with Crippen molar-refractivity contribution in [3.8, 4) is 0 Å². The van der Waals surface area contributed by atoms with E-state index in [1.807, 2.05) is 0 Å². The summed E-state index contributed by atoms with van der Waals surface area (Å²) in [6.07, 6.45) is -3.93. The van der Waals surface area contributed by atoms with Crippen LogP contribution in [0.1, 0.15) is 19.8 Å². The maximum Gasteiger partial charge on any atom is 0.336 e. The van der Waals surface area contributed by atoms with Gasteiger partial charge in [0.05, 0.1) is 39.8 Å². The third-order valence-electron chi connectivity index (χ3n) is 2.38. The van der Waals surface area contributed by atoms with E-state index in [4.69, 9.17) is 20.4 Å². The minimum Gasteiger partial charge on any atom is -0.550 e. The molecule has 170 valence electrons. The molecule has 14 heteroatoms. The maximum absolute atomic E-state index is 10.3. The fourth-order valence-electron chi connectivity index (χ4n) is 0.991. The minimum absolute atomic E-state index is 0. The minimum atomic E-state index is -2.86. The van der Waals surface area contributed by atoms with Crippen LogP contribution >= 0.6 is 0 Å². The average molecular weight is 419 g/mol. The first-order chi connectivity index (χ1) is 11.5. The smallest absolute Gasteiger partial charge is 0.336 e. The van der Waals surface area contributed by atoms with Crippen LogP contribution in [0.4, 0.5) is 0 Å². The summed E-state index contributed by atoms with van der Waals surface area (Å²) in [7, 11) is 6.16. The van der Waals surface area contributed by atoms with Gasteiger partial charge in [-0.25, -0.2) is 4.79 Å². The highest BCUT2D eigenvalue weighted by Gasteiger charge is 2.36. The molecule has 0 aromatic rings. The number of aliphatic hydroxyl groups is 3. The standard InChI is InChI=1S/C6H8O7.C5H14NO.C3H6O3.2H3N/c7-3(8)1-6(13,5(11)12)2-4(9)10;1-6(2,3)4-5-7;1-2(4)3(5)6;;/h13H,1-2H2,(H,7,8)(H,9,10)(H,11,12);7H,4-5H2,1-3H3;2,4H,1H3,(H,5,6);2*1H3/q;+1;;;/p-1. The Balaban J connectivity index is -0.000000101. The average Bonchev–Trinajstić information content (AvgIpc) is 2.36. The Bertz CT molecular complexity index is 460. The molecule has 0 fully saturated rings. The number of carboxylic acid groups (broad SMARTS) is 4. The molecule has 0 aromatic heterocycles. The van der Waals surface area contributed by atoms with Gasteiger partial charge in [0, 0.05) is 24.8 Å². The second-order valence-corrected chi connectivity index (χ2v) is 6.17. The maximum atomic E-state index is 10.3. The topological polar surface area (TPSA) is 291 Å². The van der Waals surface area contributed by atoms with Crippen molar-refractivity contribution in [3.63, 3.8) is 0 Å². The largest absolute Gasteiger partial charge is 0.550 e. The SMILES string of the molecule is CC(O)C(=O)[O-].C[N+](C)(C)CCO.O=C([O-])CC(O)(CC(=O)[O-])C(=O)O.[NH4+].[NH4+]. The lowest BCUT2D eigenvalue weighted by atomic mass is 9.96. The van der Waals surface area contributed by atoms with E-state index in [2.05, 4.69) is 21.1 Å². The van der Waals surface area contributed by atoms with Gasteiger partial charge >= 0.3 is 5.97 Å². The number of rotatable bonds is 8. The first-order valence-electron chi connectivity index (χ1n) is 7.14. The Labute approximate surface area is 162 Å². The van der Waals surface area contributed by atoms with Crippen molar-refractivity contribution in [2.45, 2.75) is 31.5 Å². The monoisotopic (exact) mass is 419 g/mol. The molecule has 12 N–H and O–H groups in total. The number of carboxylic acids is 4. The van der Waals surface area contributed by atoms with Crippen LogP contribution in [0, 0.1) is 0 Å². The first kappa shape index (κ1) is 36.5. The van der Waals surface area contributed by atoms with E-state index in [0.717, 1.165) is 18.0 Å². The number of carbonyl (C=O) groups is 4. The molecule has 0 bridgehead atoms. The number of hydrogen-bond donors (Lipinski definition) is 6. The summed E-state index contributed by atoms with van der Waals surface area (Å²) in [6.45, 7) is 2.25. The molecule has 1 unspecified atom stereocenters. The molecule has 0 saturated carbocycles. The zero-order valence-electron chi connectivity index (χ0n) is 17.0. The molecule has 1 atom stereocenters. The van der Waals surface area contributed by atoms with E-state index in [-0.39, 0.29) is 18.9 Å². The molecule has 0 saturated heterocycles. The van der Waals surface area contributed by atoms with E-state index in [1.165, 1.54) is 0 Å². The van der Waals surface area contributed by atoms with Gasteiger partial charge in [-0.3, -0.25) is 0 Å². The molecule has 0 rings (SSSR count). The summed E-state index contributed by atoms with van der Waals surface area (Å²) in [5.41, 5.74) is -2.86. The van der Waals surface area contributed by atoms with E-state index in [0.29, 0.717) is 0 Å². The van der Waals surface area contributed by atoms with Gasteiger partial charge in [0.15, 0.2) is 5.60 Å². The molecule has 28 heavy (non-hydrogen) atoms. The van der Waals surface area contributed by atoms with Crippen molar-refractivity contribution in [1.29, 1.82) is 0 Å². The number of likely N-dealkylation sites (N-methyl/N-ethyl adjacent to an activating group) is 1. The second-order valence-electron chi connectivity index (χ2n) is 6.17. The van der Waals surface area contributed by atoms with E-state index in [1.54, 1.807) is 0 Å². The van der Waals surface area contributed by atoms with Crippen LogP contribution in [-0.2, 0) is 19.2 Å². The number of nitrogens with zero attached hydrogens (tertiary/aromatic N) is 1. The molecule has 0 aliphatic rings. The Morgan fingerprint density at radius 1 is 0.964 bits per heavy atom. The highest BCUT2D eigenvalue weighted by atomic mass is 16.4. The van der Waals surface area contributed by atoms with Crippen LogP contribution in [-0.4, -0.2) is 94.8 Å². The third kappa shape index (κ3) is 25.9. The van der Waals surface area contributed by atoms with Crippen LogP contribution in [0.3, 0.4) is 0 Å². The van der Waals surface area contributed by atoms with Crippen molar-refractivity contribution in [2.75, 3.05) is 34.3 Å². The molecule has 0 spiro atoms. The molecule has 0 aliphatic heterocycles. The number of hydrogen-bond acceptors (Lipinski definition) is 10. The molecule has 0 amide bonds. The second kappa shape index (κ2) is 16.8. The lowest BCUT2D eigenvalue weighted by Gasteiger charge is -2.23. The summed E-state index contributed by atoms with van der Waals surface area (Å²) in [4.78, 5) is 39.5. The normalized spacial score (nSPS) is 11.0. The van der Waals surface area contributed by atoms with Crippen molar-refractivity contribution < 1.29 is 59.4 Å². The lowest BCUT2D eigenvalue weighted by molar-refractivity contribution is -0.870. The number of aliphatic hydroxyl groups excluding tert-OH is 2. The summed E-state index contributed by atoms with van der Waals surface area (Å²) in [6, 6.07) is 0. The number of aliphatic carboxylic acids is 4. The fraction of sp³-hybridized carbons (Fsp3) is 0.714. The number of quaternary nitrogens is 3. The summed E-state index contributed by atoms with van der Waals surface area (Å²) in [5.74, 6) is -7.09. The quantitative estimate of drug-likeness (QED) is 0.202. The molecular formula is C14H33N3O11. The van der Waals surface area contributed by atoms with Gasteiger partial charge in [-0.05, 0) is 6.92 Å². The van der Waals surface area contributed by atoms with Crippen molar-refractivity contribution >= 4 is 23.9 Å².